The lowest BCUT2D eigenvalue weighted by molar-refractivity contribution is -0.137. The third-order valence-corrected chi connectivity index (χ3v) is 4.51. The Balaban J connectivity index is 1.70. The van der Waals surface area contributed by atoms with Crippen LogP contribution >= 0.6 is 0 Å². The van der Waals surface area contributed by atoms with E-state index in [4.69, 9.17) is 5.11 Å². The average molecular weight is 350 g/mol. The van der Waals surface area contributed by atoms with Crippen molar-refractivity contribution in [3.63, 3.8) is 0 Å². The predicted molar refractivity (Wildman–Crippen MR) is 91.3 cm³/mol. The smallest absolute Gasteiger partial charge is 0.392 e. The fourth-order valence-electron chi connectivity index (χ4n) is 3.17. The number of benzene rings is 2. The molecule has 3 rings (SSSR count). The molecule has 0 amide bonds. The molecule has 1 saturated heterocycles. The van der Waals surface area contributed by atoms with Gasteiger partial charge in [0.25, 0.3) is 0 Å². The summed E-state index contributed by atoms with van der Waals surface area (Å²) in [6.07, 6.45) is -4.43. The van der Waals surface area contributed by atoms with Crippen molar-refractivity contribution in [3.8, 4) is 0 Å². The van der Waals surface area contributed by atoms with Crippen LogP contribution in [0.3, 0.4) is 0 Å². The van der Waals surface area contributed by atoms with Crippen LogP contribution in [0.25, 0.3) is 0 Å². The van der Waals surface area contributed by atoms with Gasteiger partial charge in [-0.05, 0) is 23.3 Å². The van der Waals surface area contributed by atoms with Crippen LogP contribution in [-0.2, 0) is 19.3 Å². The molecule has 1 N–H and O–H groups in total. The van der Waals surface area contributed by atoms with Crippen molar-refractivity contribution in [3.05, 3.63) is 65.2 Å². The van der Waals surface area contributed by atoms with E-state index in [1.165, 1.54) is 11.6 Å². The van der Waals surface area contributed by atoms with E-state index >= 15 is 0 Å². The number of aliphatic hydroxyl groups excluding tert-OH is 1. The number of alkyl halides is 3. The lowest BCUT2D eigenvalue weighted by Gasteiger charge is -2.37. The molecule has 3 nitrogen and oxygen atoms in total. The Morgan fingerprint density at radius 3 is 2.16 bits per heavy atom. The molecule has 1 aliphatic rings. The lowest BCUT2D eigenvalue weighted by atomic mass is 10.1. The second kappa shape index (κ2) is 7.45. The van der Waals surface area contributed by atoms with E-state index in [1.54, 1.807) is 11.0 Å². The summed E-state index contributed by atoms with van der Waals surface area (Å²) in [5.41, 5.74) is 1.01. The molecule has 0 unspecified atom stereocenters. The summed E-state index contributed by atoms with van der Waals surface area (Å²) in [4.78, 5) is 4.03. The standard InChI is InChI=1S/C19H21F3N2O/c20-19(21,22)17-12-16(14-25)6-7-18(17)24-10-8-23(9-11-24)13-15-4-2-1-3-5-15/h1-7,12,25H,8-11,13-14H2. The molecule has 0 aliphatic carbocycles. The van der Waals surface area contributed by atoms with E-state index in [1.807, 2.05) is 18.2 Å². The Bertz CT molecular complexity index is 696. The van der Waals surface area contributed by atoms with Gasteiger partial charge in [0, 0.05) is 38.4 Å². The minimum Gasteiger partial charge on any atom is -0.392 e. The average Bonchev–Trinajstić information content (AvgIpc) is 2.62. The van der Waals surface area contributed by atoms with E-state index in [2.05, 4.69) is 17.0 Å². The molecule has 0 atom stereocenters. The Labute approximate surface area is 145 Å². The third kappa shape index (κ3) is 4.32. The SMILES string of the molecule is OCc1ccc(N2CCN(Cc3ccccc3)CC2)c(C(F)(F)F)c1. The fraction of sp³-hybridized carbons (Fsp3) is 0.368. The van der Waals surface area contributed by atoms with Crippen LogP contribution in [-0.4, -0.2) is 36.2 Å². The number of halogens is 3. The first-order valence-corrected chi connectivity index (χ1v) is 8.29. The molecule has 2 aromatic carbocycles. The number of piperazine rings is 1. The number of hydrogen-bond acceptors (Lipinski definition) is 3. The first kappa shape index (κ1) is 17.8. The number of hydrogen-bond donors (Lipinski definition) is 1. The predicted octanol–water partition coefficient (Wildman–Crippen LogP) is 3.52. The van der Waals surface area contributed by atoms with Gasteiger partial charge in [-0.1, -0.05) is 36.4 Å². The topological polar surface area (TPSA) is 26.7 Å². The molecule has 1 aliphatic heterocycles. The summed E-state index contributed by atoms with van der Waals surface area (Å²) in [5, 5.41) is 9.12. The van der Waals surface area contributed by atoms with Crippen molar-refractivity contribution < 1.29 is 18.3 Å². The molecule has 0 radical (unpaired) electrons. The van der Waals surface area contributed by atoms with Crippen LogP contribution in [0, 0.1) is 0 Å². The Morgan fingerprint density at radius 1 is 0.880 bits per heavy atom. The van der Waals surface area contributed by atoms with Crippen molar-refractivity contribution in [1.29, 1.82) is 0 Å². The number of aliphatic hydroxyl groups is 1. The Hall–Kier alpha value is -2.05. The summed E-state index contributed by atoms with van der Waals surface area (Å²) < 4.78 is 40.1. The van der Waals surface area contributed by atoms with Gasteiger partial charge in [-0.15, -0.1) is 0 Å². The first-order valence-electron chi connectivity index (χ1n) is 8.29. The molecule has 0 aromatic heterocycles. The summed E-state index contributed by atoms with van der Waals surface area (Å²) in [7, 11) is 0. The zero-order valence-corrected chi connectivity index (χ0v) is 13.8. The van der Waals surface area contributed by atoms with Gasteiger partial charge in [-0.25, -0.2) is 0 Å². The van der Waals surface area contributed by atoms with Crippen LogP contribution in [0.5, 0.6) is 0 Å². The largest absolute Gasteiger partial charge is 0.418 e. The Morgan fingerprint density at radius 2 is 1.56 bits per heavy atom. The van der Waals surface area contributed by atoms with Gasteiger partial charge in [0.2, 0.25) is 0 Å². The van der Waals surface area contributed by atoms with Crippen molar-refractivity contribution >= 4 is 5.69 Å². The molecular weight excluding hydrogens is 329 g/mol. The van der Waals surface area contributed by atoms with E-state index < -0.39 is 18.3 Å². The quantitative estimate of drug-likeness (QED) is 0.914. The highest BCUT2D eigenvalue weighted by Crippen LogP contribution is 2.37. The van der Waals surface area contributed by atoms with Crippen LogP contribution in [0.2, 0.25) is 0 Å². The zero-order chi connectivity index (χ0) is 17.9. The van der Waals surface area contributed by atoms with Crippen molar-refractivity contribution in [2.24, 2.45) is 0 Å². The molecule has 6 heteroatoms. The number of anilines is 1. The van der Waals surface area contributed by atoms with E-state index in [0.717, 1.165) is 12.6 Å². The van der Waals surface area contributed by atoms with Gasteiger partial charge >= 0.3 is 6.18 Å². The minimum atomic E-state index is -4.43. The van der Waals surface area contributed by atoms with Gasteiger partial charge in [0.05, 0.1) is 12.2 Å². The number of rotatable bonds is 4. The summed E-state index contributed by atoms with van der Waals surface area (Å²) >= 11 is 0. The second-order valence-electron chi connectivity index (χ2n) is 6.26. The maximum absolute atomic E-state index is 13.4. The highest BCUT2D eigenvalue weighted by molar-refractivity contribution is 5.56. The molecule has 2 aromatic rings. The minimum absolute atomic E-state index is 0.198. The second-order valence-corrected chi connectivity index (χ2v) is 6.26. The van der Waals surface area contributed by atoms with E-state index in [0.29, 0.717) is 26.2 Å². The van der Waals surface area contributed by atoms with Gasteiger partial charge in [0.15, 0.2) is 0 Å². The monoisotopic (exact) mass is 350 g/mol. The summed E-state index contributed by atoms with van der Waals surface area (Å²) in [6.45, 7) is 2.95. The van der Waals surface area contributed by atoms with Crippen LogP contribution in [0.4, 0.5) is 18.9 Å². The molecular formula is C19H21F3N2O. The molecule has 0 bridgehead atoms. The maximum Gasteiger partial charge on any atom is 0.418 e. The van der Waals surface area contributed by atoms with Crippen LogP contribution < -0.4 is 4.90 Å². The summed E-state index contributed by atoms with van der Waals surface area (Å²) in [6, 6.07) is 14.1. The normalized spacial score (nSPS) is 16.2. The maximum atomic E-state index is 13.4. The third-order valence-electron chi connectivity index (χ3n) is 4.51. The highest BCUT2D eigenvalue weighted by atomic mass is 19.4. The van der Waals surface area contributed by atoms with Gasteiger partial charge in [-0.3, -0.25) is 4.90 Å². The van der Waals surface area contributed by atoms with Gasteiger partial charge < -0.3 is 10.0 Å². The molecule has 134 valence electrons. The van der Waals surface area contributed by atoms with Gasteiger partial charge in [0.1, 0.15) is 0 Å². The fourth-order valence-corrected chi connectivity index (χ4v) is 3.17. The lowest BCUT2D eigenvalue weighted by Crippen LogP contribution is -2.46. The van der Waals surface area contributed by atoms with Crippen molar-refractivity contribution in [1.82, 2.24) is 4.90 Å². The van der Waals surface area contributed by atoms with E-state index in [9.17, 15) is 13.2 Å². The number of nitrogens with zero attached hydrogens (tertiary/aromatic N) is 2. The van der Waals surface area contributed by atoms with Crippen molar-refractivity contribution in [2.75, 3.05) is 31.1 Å². The molecule has 0 saturated carbocycles. The first-order chi connectivity index (χ1) is 12.0. The molecule has 1 fully saturated rings. The molecule has 25 heavy (non-hydrogen) atoms. The van der Waals surface area contributed by atoms with Crippen LogP contribution in [0.15, 0.2) is 48.5 Å². The van der Waals surface area contributed by atoms with Crippen molar-refractivity contribution in [2.45, 2.75) is 19.3 Å². The summed E-state index contributed by atoms with van der Waals surface area (Å²) in [5.74, 6) is 0. The van der Waals surface area contributed by atoms with E-state index in [-0.39, 0.29) is 11.3 Å². The van der Waals surface area contributed by atoms with Crippen LogP contribution in [0.1, 0.15) is 16.7 Å². The molecule has 0 spiro atoms. The van der Waals surface area contributed by atoms with Gasteiger partial charge in [-0.2, -0.15) is 13.2 Å². The highest BCUT2D eigenvalue weighted by Gasteiger charge is 2.35. The zero-order valence-electron chi connectivity index (χ0n) is 13.8. The Kier molecular flexibility index (Phi) is 5.30. The molecule has 1 heterocycles.